The molecule has 4 unspecified atom stereocenters. The van der Waals surface area contributed by atoms with Gasteiger partial charge in [-0.1, -0.05) is 66.5 Å². The molecule has 0 radical (unpaired) electrons. The third-order valence-corrected chi connectivity index (χ3v) is 4.57. The predicted molar refractivity (Wildman–Crippen MR) is 104 cm³/mol. The van der Waals surface area contributed by atoms with Crippen molar-refractivity contribution in [1.29, 1.82) is 0 Å². The molecule has 4 atom stereocenters. The van der Waals surface area contributed by atoms with Gasteiger partial charge < -0.3 is 9.84 Å². The standard InChI is InChI=1S/C11H22O.C10H20O/c1-6-8-10(4)11(12-5)9(3)7-2;1-5-7-9(4)10(11)8(3)6-2/h8-9,11H,6-7H2,1-5H3;7-8,10-11H,5-6H2,1-4H3/b10-8+;9-7+. The minimum absolute atomic E-state index is 0.236. The fraction of sp³-hybridized carbons (Fsp3) is 0.810. The van der Waals surface area contributed by atoms with Gasteiger partial charge >= 0.3 is 0 Å². The Hall–Kier alpha value is -0.600. The molecule has 0 aromatic rings. The van der Waals surface area contributed by atoms with Crippen LogP contribution in [0.5, 0.6) is 0 Å². The van der Waals surface area contributed by atoms with Crippen LogP contribution in [0.2, 0.25) is 0 Å². The van der Waals surface area contributed by atoms with E-state index in [1.807, 2.05) is 6.92 Å². The summed E-state index contributed by atoms with van der Waals surface area (Å²) in [4.78, 5) is 0. The molecule has 2 nitrogen and oxygen atoms in total. The minimum Gasteiger partial charge on any atom is -0.388 e. The van der Waals surface area contributed by atoms with Crippen LogP contribution in [0.4, 0.5) is 0 Å². The summed E-state index contributed by atoms with van der Waals surface area (Å²) >= 11 is 0. The topological polar surface area (TPSA) is 29.5 Å². The Morgan fingerprint density at radius 2 is 1.30 bits per heavy atom. The molecule has 0 fully saturated rings. The van der Waals surface area contributed by atoms with Crippen molar-refractivity contribution in [3.63, 3.8) is 0 Å². The van der Waals surface area contributed by atoms with Crippen LogP contribution in [-0.4, -0.2) is 24.4 Å². The van der Waals surface area contributed by atoms with Crippen LogP contribution in [0, 0.1) is 11.8 Å². The number of allylic oxidation sites excluding steroid dienone is 2. The van der Waals surface area contributed by atoms with Crippen molar-refractivity contribution in [3.05, 3.63) is 23.3 Å². The van der Waals surface area contributed by atoms with Gasteiger partial charge in [-0.05, 0) is 49.7 Å². The van der Waals surface area contributed by atoms with Crippen molar-refractivity contribution in [2.45, 2.75) is 93.3 Å². The van der Waals surface area contributed by atoms with E-state index in [2.05, 4.69) is 60.6 Å². The lowest BCUT2D eigenvalue weighted by Crippen LogP contribution is -2.21. The predicted octanol–water partition coefficient (Wildman–Crippen LogP) is 6.15. The Morgan fingerprint density at radius 3 is 1.65 bits per heavy atom. The second-order valence-corrected chi connectivity index (χ2v) is 6.58. The third-order valence-electron chi connectivity index (χ3n) is 4.57. The zero-order valence-electron chi connectivity index (χ0n) is 17.1. The van der Waals surface area contributed by atoms with E-state index in [0.717, 1.165) is 24.8 Å². The van der Waals surface area contributed by atoms with Crippen LogP contribution in [0.1, 0.15) is 81.1 Å². The smallest absolute Gasteiger partial charge is 0.0803 e. The number of aliphatic hydroxyl groups is 1. The molecule has 0 aliphatic rings. The largest absolute Gasteiger partial charge is 0.388 e. The quantitative estimate of drug-likeness (QED) is 0.515. The number of rotatable bonds is 9. The Labute approximate surface area is 146 Å². The molecule has 2 heteroatoms. The molecule has 0 rings (SSSR count). The summed E-state index contributed by atoms with van der Waals surface area (Å²) in [6, 6.07) is 0. The third kappa shape index (κ3) is 10.7. The second kappa shape index (κ2) is 15.0. The SMILES string of the molecule is CC/C=C(\C)C(O)C(C)CC.CC/C=C(\C)C(OC)C(C)CC. The molecule has 0 spiro atoms. The van der Waals surface area contributed by atoms with Gasteiger partial charge in [-0.15, -0.1) is 0 Å². The maximum absolute atomic E-state index is 9.65. The molecular formula is C21H42O2. The molecule has 0 bridgehead atoms. The van der Waals surface area contributed by atoms with Crippen LogP contribution < -0.4 is 0 Å². The Kier molecular flexibility index (Phi) is 16.0. The van der Waals surface area contributed by atoms with E-state index in [-0.39, 0.29) is 6.10 Å². The summed E-state index contributed by atoms with van der Waals surface area (Å²) in [5.74, 6) is 1.01. The van der Waals surface area contributed by atoms with E-state index < -0.39 is 0 Å². The molecule has 0 aliphatic carbocycles. The highest BCUT2D eigenvalue weighted by Crippen LogP contribution is 2.18. The van der Waals surface area contributed by atoms with Crippen molar-refractivity contribution < 1.29 is 9.84 Å². The van der Waals surface area contributed by atoms with Gasteiger partial charge in [-0.25, -0.2) is 0 Å². The molecule has 0 aromatic heterocycles. The first-order chi connectivity index (χ1) is 10.8. The van der Waals surface area contributed by atoms with E-state index in [4.69, 9.17) is 4.74 Å². The highest BCUT2D eigenvalue weighted by Gasteiger charge is 2.15. The van der Waals surface area contributed by atoms with Gasteiger partial charge in [0.15, 0.2) is 0 Å². The van der Waals surface area contributed by atoms with Crippen LogP contribution in [0.3, 0.4) is 0 Å². The molecular weight excluding hydrogens is 284 g/mol. The lowest BCUT2D eigenvalue weighted by molar-refractivity contribution is 0.0854. The maximum Gasteiger partial charge on any atom is 0.0803 e. The van der Waals surface area contributed by atoms with Crippen LogP contribution in [0.15, 0.2) is 23.3 Å². The lowest BCUT2D eigenvalue weighted by atomic mass is 9.95. The molecule has 0 saturated carbocycles. The van der Waals surface area contributed by atoms with Crippen molar-refractivity contribution in [2.75, 3.05) is 7.11 Å². The number of ether oxygens (including phenoxy) is 1. The summed E-state index contributed by atoms with van der Waals surface area (Å²) in [5.41, 5.74) is 2.48. The average molecular weight is 327 g/mol. The van der Waals surface area contributed by atoms with Crippen LogP contribution in [-0.2, 0) is 4.74 Å². The van der Waals surface area contributed by atoms with E-state index in [1.54, 1.807) is 7.11 Å². The Morgan fingerprint density at radius 1 is 0.870 bits per heavy atom. The fourth-order valence-electron chi connectivity index (χ4n) is 2.63. The first-order valence-electron chi connectivity index (χ1n) is 9.34. The lowest BCUT2D eigenvalue weighted by Gasteiger charge is -2.22. The highest BCUT2D eigenvalue weighted by atomic mass is 16.5. The van der Waals surface area contributed by atoms with E-state index in [9.17, 15) is 5.11 Å². The second-order valence-electron chi connectivity index (χ2n) is 6.58. The van der Waals surface area contributed by atoms with Crippen LogP contribution in [0.25, 0.3) is 0 Å². The molecule has 0 saturated heterocycles. The monoisotopic (exact) mass is 326 g/mol. The van der Waals surface area contributed by atoms with Gasteiger partial charge in [0.2, 0.25) is 0 Å². The molecule has 138 valence electrons. The number of aliphatic hydroxyl groups excluding tert-OH is 1. The summed E-state index contributed by atoms with van der Waals surface area (Å²) in [6.07, 6.45) is 8.75. The summed E-state index contributed by atoms with van der Waals surface area (Å²) in [6.45, 7) is 17.0. The Bertz CT molecular complexity index is 331. The normalized spacial score (nSPS) is 17.8. The Balaban J connectivity index is 0. The average Bonchev–Trinajstić information content (AvgIpc) is 2.54. The first-order valence-corrected chi connectivity index (χ1v) is 9.34. The first kappa shape index (κ1) is 24.6. The van der Waals surface area contributed by atoms with Crippen molar-refractivity contribution in [2.24, 2.45) is 11.8 Å². The van der Waals surface area contributed by atoms with Gasteiger partial charge in [-0.3, -0.25) is 0 Å². The van der Waals surface area contributed by atoms with Gasteiger partial charge in [-0.2, -0.15) is 0 Å². The summed E-state index contributed by atoms with van der Waals surface area (Å²) < 4.78 is 5.45. The van der Waals surface area contributed by atoms with Gasteiger partial charge in [0, 0.05) is 7.11 Å². The zero-order valence-corrected chi connectivity index (χ0v) is 17.1. The molecule has 0 amide bonds. The molecule has 0 aliphatic heterocycles. The van der Waals surface area contributed by atoms with Crippen molar-refractivity contribution in [3.8, 4) is 0 Å². The van der Waals surface area contributed by atoms with E-state index in [0.29, 0.717) is 17.9 Å². The fourth-order valence-corrected chi connectivity index (χ4v) is 2.63. The van der Waals surface area contributed by atoms with Gasteiger partial charge in [0.1, 0.15) is 0 Å². The van der Waals surface area contributed by atoms with Crippen LogP contribution >= 0.6 is 0 Å². The van der Waals surface area contributed by atoms with E-state index in [1.165, 1.54) is 12.0 Å². The number of hydrogen-bond donors (Lipinski definition) is 1. The summed E-state index contributed by atoms with van der Waals surface area (Å²) in [7, 11) is 1.80. The minimum atomic E-state index is -0.236. The van der Waals surface area contributed by atoms with Gasteiger partial charge in [0.25, 0.3) is 0 Å². The molecule has 0 heterocycles. The van der Waals surface area contributed by atoms with Crippen molar-refractivity contribution >= 4 is 0 Å². The zero-order chi connectivity index (χ0) is 18.4. The molecule has 1 N–H and O–H groups in total. The number of hydrogen-bond acceptors (Lipinski definition) is 2. The van der Waals surface area contributed by atoms with Crippen molar-refractivity contribution in [1.82, 2.24) is 0 Å². The maximum atomic E-state index is 9.65. The highest BCUT2D eigenvalue weighted by molar-refractivity contribution is 5.06. The van der Waals surface area contributed by atoms with E-state index >= 15 is 0 Å². The number of methoxy groups -OCH3 is 1. The molecule has 23 heavy (non-hydrogen) atoms. The summed E-state index contributed by atoms with van der Waals surface area (Å²) in [5, 5.41) is 9.65. The van der Waals surface area contributed by atoms with Gasteiger partial charge in [0.05, 0.1) is 12.2 Å². The molecule has 0 aromatic carbocycles.